The van der Waals surface area contributed by atoms with E-state index in [2.05, 4.69) is 9.73 Å². The first-order valence-electron chi connectivity index (χ1n) is 9.39. The molecule has 28 heavy (non-hydrogen) atoms. The fourth-order valence-corrected chi connectivity index (χ4v) is 3.82. The summed E-state index contributed by atoms with van der Waals surface area (Å²) in [6, 6.07) is 6.87. The Morgan fingerprint density at radius 3 is 2.68 bits per heavy atom. The average molecular weight is 386 g/mol. The molecule has 0 aromatic heterocycles. The zero-order valence-electron chi connectivity index (χ0n) is 16.7. The van der Waals surface area contributed by atoms with Crippen molar-refractivity contribution in [3.63, 3.8) is 0 Å². The summed E-state index contributed by atoms with van der Waals surface area (Å²) in [5.41, 5.74) is 0.461. The maximum absolute atomic E-state index is 13.1. The number of carbonyl (C=O) groups excluding carboxylic acids is 3. The number of hydrogen-bond donors (Lipinski definition) is 0. The van der Waals surface area contributed by atoms with Gasteiger partial charge in [0, 0.05) is 24.6 Å². The lowest BCUT2D eigenvalue weighted by molar-refractivity contribution is -0.168. The molecule has 7 heteroatoms. The van der Waals surface area contributed by atoms with E-state index in [0.29, 0.717) is 6.42 Å². The molecule has 7 nitrogen and oxygen atoms in total. The Balaban J connectivity index is 1.91. The van der Waals surface area contributed by atoms with Gasteiger partial charge < -0.3 is 14.4 Å². The molecule has 0 N–H and O–H groups in total. The largest absolute Gasteiger partial charge is 0.469 e. The van der Waals surface area contributed by atoms with Crippen LogP contribution in [0.15, 0.2) is 29.3 Å². The topological polar surface area (TPSA) is 85.3 Å². The van der Waals surface area contributed by atoms with Crippen LogP contribution >= 0.6 is 0 Å². The quantitative estimate of drug-likeness (QED) is 0.743. The van der Waals surface area contributed by atoms with Crippen molar-refractivity contribution in [2.45, 2.75) is 57.1 Å². The van der Waals surface area contributed by atoms with Crippen molar-refractivity contribution in [3.8, 4) is 0 Å². The van der Waals surface area contributed by atoms with Crippen molar-refractivity contribution in [2.75, 3.05) is 13.7 Å². The molecule has 3 rings (SSSR count). The van der Waals surface area contributed by atoms with E-state index in [1.54, 1.807) is 27.0 Å². The first kappa shape index (κ1) is 20.0. The molecule has 1 aromatic carbocycles. The first-order chi connectivity index (χ1) is 13.1. The summed E-state index contributed by atoms with van der Waals surface area (Å²) in [4.78, 5) is 43.5. The number of methoxy groups -OCH3 is 1. The van der Waals surface area contributed by atoms with Crippen LogP contribution in [0.3, 0.4) is 0 Å². The van der Waals surface area contributed by atoms with Gasteiger partial charge in [0.2, 0.25) is 5.91 Å². The second-order valence-electron chi connectivity index (χ2n) is 8.27. The van der Waals surface area contributed by atoms with Crippen molar-refractivity contribution in [1.29, 1.82) is 0 Å². The standard InChI is InChI=1S/C21H26N2O5/c1-20(2,3)28-19(26)16-11-21(13-22-15-8-6-5-7-14(15)21)12-17(24)23(16)10-9-18(25)27-4/h5-8,13,16H,9-12H2,1-4H3/t16-,21+/m1/s1. The molecule has 0 aliphatic carbocycles. The minimum atomic E-state index is -0.789. The minimum absolute atomic E-state index is 0.0270. The zero-order chi connectivity index (χ0) is 20.5. The summed E-state index contributed by atoms with van der Waals surface area (Å²) in [7, 11) is 1.30. The number of ether oxygens (including phenoxy) is 2. The van der Waals surface area contributed by atoms with E-state index in [0.717, 1.165) is 11.3 Å². The van der Waals surface area contributed by atoms with E-state index < -0.39 is 29.0 Å². The third kappa shape index (κ3) is 3.93. The Morgan fingerprint density at radius 2 is 2.00 bits per heavy atom. The van der Waals surface area contributed by atoms with Gasteiger partial charge in [0.25, 0.3) is 0 Å². The van der Waals surface area contributed by atoms with Crippen LogP contribution in [0, 0.1) is 0 Å². The summed E-state index contributed by atoms with van der Waals surface area (Å²) in [5.74, 6) is -1.10. The lowest BCUT2D eigenvalue weighted by Crippen LogP contribution is -2.57. The Hall–Kier alpha value is -2.70. The van der Waals surface area contributed by atoms with Gasteiger partial charge in [0.1, 0.15) is 11.6 Å². The fraction of sp³-hybridized carbons (Fsp3) is 0.524. The van der Waals surface area contributed by atoms with Gasteiger partial charge in [0.15, 0.2) is 0 Å². The number of fused-ring (bicyclic) bond motifs is 2. The highest BCUT2D eigenvalue weighted by atomic mass is 16.6. The number of carbonyl (C=O) groups is 3. The second-order valence-corrected chi connectivity index (χ2v) is 8.27. The van der Waals surface area contributed by atoms with Crippen molar-refractivity contribution in [3.05, 3.63) is 29.8 Å². The molecule has 0 radical (unpaired) electrons. The third-order valence-corrected chi connectivity index (χ3v) is 5.08. The first-order valence-corrected chi connectivity index (χ1v) is 9.39. The molecule has 1 saturated heterocycles. The SMILES string of the molecule is COC(=O)CCN1C(=O)C[C@]2(C=Nc3ccccc32)C[C@@H]1C(=O)OC(C)(C)C. The van der Waals surface area contributed by atoms with Crippen LogP contribution in [-0.4, -0.2) is 54.3 Å². The predicted molar refractivity (Wildman–Crippen MR) is 103 cm³/mol. The number of amides is 1. The molecule has 2 aliphatic heterocycles. The lowest BCUT2D eigenvalue weighted by Gasteiger charge is -2.43. The summed E-state index contributed by atoms with van der Waals surface area (Å²) < 4.78 is 10.3. The number of aliphatic imine (C=N–C) groups is 1. The smallest absolute Gasteiger partial charge is 0.329 e. The maximum atomic E-state index is 13.1. The van der Waals surface area contributed by atoms with Gasteiger partial charge in [-0.05, 0) is 38.8 Å². The third-order valence-electron chi connectivity index (χ3n) is 5.08. The molecule has 2 aliphatic rings. The summed E-state index contributed by atoms with van der Waals surface area (Å²) in [6.45, 7) is 5.48. The van der Waals surface area contributed by atoms with Gasteiger partial charge >= 0.3 is 11.9 Å². The van der Waals surface area contributed by atoms with Crippen LogP contribution in [0.25, 0.3) is 0 Å². The highest BCUT2D eigenvalue weighted by Gasteiger charge is 2.50. The number of benzene rings is 1. The van der Waals surface area contributed by atoms with Gasteiger partial charge in [-0.15, -0.1) is 0 Å². The van der Waals surface area contributed by atoms with Crippen molar-refractivity contribution < 1.29 is 23.9 Å². The summed E-state index contributed by atoms with van der Waals surface area (Å²) in [5, 5.41) is 0. The molecule has 0 saturated carbocycles. The predicted octanol–water partition coefficient (Wildman–Crippen LogP) is 2.54. The second kappa shape index (κ2) is 7.37. The van der Waals surface area contributed by atoms with Gasteiger partial charge in [-0.25, -0.2) is 4.79 Å². The molecular formula is C21H26N2O5. The van der Waals surface area contributed by atoms with E-state index >= 15 is 0 Å². The zero-order valence-corrected chi connectivity index (χ0v) is 16.7. The van der Waals surface area contributed by atoms with Gasteiger partial charge in [0.05, 0.1) is 19.2 Å². The van der Waals surface area contributed by atoms with Crippen LogP contribution in [0.4, 0.5) is 5.69 Å². The molecule has 150 valence electrons. The molecule has 1 spiro atoms. The highest BCUT2D eigenvalue weighted by Crippen LogP contribution is 2.45. The fourth-order valence-electron chi connectivity index (χ4n) is 3.82. The van der Waals surface area contributed by atoms with Crippen molar-refractivity contribution in [2.24, 2.45) is 4.99 Å². The van der Waals surface area contributed by atoms with E-state index in [1.807, 2.05) is 24.3 Å². The molecule has 1 aromatic rings. The van der Waals surface area contributed by atoms with E-state index in [1.165, 1.54) is 12.0 Å². The molecule has 1 amide bonds. The van der Waals surface area contributed by atoms with Crippen LogP contribution in [-0.2, 0) is 29.3 Å². The lowest BCUT2D eigenvalue weighted by atomic mass is 9.71. The monoisotopic (exact) mass is 386 g/mol. The van der Waals surface area contributed by atoms with Crippen LogP contribution in [0.5, 0.6) is 0 Å². The van der Waals surface area contributed by atoms with Crippen LogP contribution in [0.2, 0.25) is 0 Å². The number of nitrogens with zero attached hydrogens (tertiary/aromatic N) is 2. The van der Waals surface area contributed by atoms with Gasteiger partial charge in [-0.2, -0.15) is 0 Å². The number of piperidine rings is 1. The molecule has 0 unspecified atom stereocenters. The van der Waals surface area contributed by atoms with Crippen molar-refractivity contribution >= 4 is 29.7 Å². The Labute approximate surface area is 164 Å². The summed E-state index contributed by atoms with van der Waals surface area (Å²) >= 11 is 0. The number of rotatable bonds is 4. The molecule has 2 atom stereocenters. The Morgan fingerprint density at radius 1 is 1.29 bits per heavy atom. The van der Waals surface area contributed by atoms with E-state index in [-0.39, 0.29) is 25.3 Å². The Kier molecular flexibility index (Phi) is 5.28. The van der Waals surface area contributed by atoms with Crippen LogP contribution < -0.4 is 0 Å². The molecule has 1 fully saturated rings. The van der Waals surface area contributed by atoms with Gasteiger partial charge in [-0.1, -0.05) is 18.2 Å². The number of para-hydroxylation sites is 1. The van der Waals surface area contributed by atoms with Gasteiger partial charge in [-0.3, -0.25) is 14.6 Å². The number of hydrogen-bond acceptors (Lipinski definition) is 6. The highest BCUT2D eigenvalue weighted by molar-refractivity contribution is 5.96. The maximum Gasteiger partial charge on any atom is 0.329 e. The van der Waals surface area contributed by atoms with Crippen molar-refractivity contribution in [1.82, 2.24) is 4.90 Å². The number of likely N-dealkylation sites (tertiary alicyclic amines) is 1. The van der Waals surface area contributed by atoms with E-state index in [9.17, 15) is 14.4 Å². The molecule has 0 bridgehead atoms. The average Bonchev–Trinajstić information content (AvgIpc) is 2.97. The normalized spacial score (nSPS) is 23.6. The van der Waals surface area contributed by atoms with E-state index in [4.69, 9.17) is 4.74 Å². The summed E-state index contributed by atoms with van der Waals surface area (Å²) in [6.07, 6.45) is 2.38. The molecule has 2 heterocycles. The minimum Gasteiger partial charge on any atom is -0.469 e. The molecular weight excluding hydrogens is 360 g/mol. The number of esters is 2. The van der Waals surface area contributed by atoms with Crippen LogP contribution in [0.1, 0.15) is 45.6 Å². The Bertz CT molecular complexity index is 826.